The Kier molecular flexibility index (Phi) is 3.67. The number of fused-ring (bicyclic) bond motifs is 2. The average Bonchev–Trinajstić information content (AvgIpc) is 2.94. The second kappa shape index (κ2) is 5.83. The van der Waals surface area contributed by atoms with Gasteiger partial charge >= 0.3 is 0 Å². The van der Waals surface area contributed by atoms with Gasteiger partial charge in [-0.05, 0) is 42.0 Å². The van der Waals surface area contributed by atoms with Crippen molar-refractivity contribution in [2.75, 3.05) is 0 Å². The van der Waals surface area contributed by atoms with Crippen molar-refractivity contribution in [1.82, 2.24) is 9.97 Å². The van der Waals surface area contributed by atoms with Crippen molar-refractivity contribution in [2.45, 2.75) is 11.0 Å². The number of oxazole rings is 1. The Hall–Kier alpha value is -2.11. The first kappa shape index (κ1) is 14.5. The highest BCUT2D eigenvalue weighted by Gasteiger charge is 2.10. The molecule has 3 nitrogen and oxygen atoms in total. The number of rotatable bonds is 3. The molecule has 0 saturated carbocycles. The molecule has 0 aliphatic heterocycles. The number of pyridine rings is 1. The fourth-order valence-corrected chi connectivity index (χ4v) is 3.40. The van der Waals surface area contributed by atoms with Crippen LogP contribution in [0.15, 0.2) is 58.3 Å². The molecule has 0 atom stereocenters. The van der Waals surface area contributed by atoms with Crippen molar-refractivity contribution >= 4 is 45.4 Å². The lowest BCUT2D eigenvalue weighted by Gasteiger charge is -2.04. The topological polar surface area (TPSA) is 38.9 Å². The van der Waals surface area contributed by atoms with Crippen molar-refractivity contribution in [1.29, 1.82) is 0 Å². The average molecular weight is 345 g/mol. The molecule has 2 aromatic heterocycles. The van der Waals surface area contributed by atoms with Crippen molar-refractivity contribution in [3.63, 3.8) is 0 Å². The minimum atomic E-state index is -0.273. The smallest absolute Gasteiger partial charge is 0.257 e. The van der Waals surface area contributed by atoms with Crippen LogP contribution in [0.3, 0.4) is 0 Å². The van der Waals surface area contributed by atoms with E-state index in [1.54, 1.807) is 30.5 Å². The van der Waals surface area contributed by atoms with E-state index >= 15 is 0 Å². The summed E-state index contributed by atoms with van der Waals surface area (Å²) in [6, 6.07) is 11.9. The van der Waals surface area contributed by atoms with Gasteiger partial charge in [-0.2, -0.15) is 0 Å². The Morgan fingerprint density at radius 2 is 2.09 bits per heavy atom. The maximum Gasteiger partial charge on any atom is 0.257 e. The first-order valence-corrected chi connectivity index (χ1v) is 8.27. The van der Waals surface area contributed by atoms with Crippen molar-refractivity contribution < 1.29 is 8.81 Å². The first-order valence-electron chi connectivity index (χ1n) is 6.91. The molecule has 0 spiro atoms. The largest absolute Gasteiger partial charge is 0.431 e. The minimum absolute atomic E-state index is 0.273. The van der Waals surface area contributed by atoms with Gasteiger partial charge in [0.2, 0.25) is 0 Å². The van der Waals surface area contributed by atoms with Crippen LogP contribution in [-0.2, 0) is 5.75 Å². The van der Waals surface area contributed by atoms with Gasteiger partial charge in [0.25, 0.3) is 5.22 Å². The van der Waals surface area contributed by atoms with Crippen LogP contribution in [0.4, 0.5) is 4.39 Å². The number of hydrogen-bond donors (Lipinski definition) is 0. The second-order valence-corrected chi connectivity index (χ2v) is 6.38. The summed E-state index contributed by atoms with van der Waals surface area (Å²) in [5, 5.41) is 1.92. The number of nitrogens with zero attached hydrogens (tertiary/aromatic N) is 2. The fourth-order valence-electron chi connectivity index (χ4n) is 2.42. The third-order valence-corrected chi connectivity index (χ3v) is 4.54. The number of hydrogen-bond acceptors (Lipinski definition) is 4. The van der Waals surface area contributed by atoms with E-state index in [9.17, 15) is 4.39 Å². The van der Waals surface area contributed by atoms with Gasteiger partial charge in [0.1, 0.15) is 11.3 Å². The predicted molar refractivity (Wildman–Crippen MR) is 90.3 cm³/mol. The lowest BCUT2D eigenvalue weighted by atomic mass is 10.1. The van der Waals surface area contributed by atoms with E-state index in [2.05, 4.69) is 9.97 Å². The molecule has 0 fully saturated rings. The molecule has 0 aliphatic rings. The summed E-state index contributed by atoms with van der Waals surface area (Å²) in [5.74, 6) is 0.247. The van der Waals surface area contributed by atoms with Gasteiger partial charge in [-0.3, -0.25) is 4.98 Å². The Morgan fingerprint density at radius 1 is 1.17 bits per heavy atom. The van der Waals surface area contributed by atoms with Gasteiger partial charge in [-0.25, -0.2) is 9.37 Å². The molecular weight excluding hydrogens is 335 g/mol. The van der Waals surface area contributed by atoms with Crippen molar-refractivity contribution in [3.8, 4) is 0 Å². The molecular formula is C17H10ClFN2OS. The fraction of sp³-hybridized carbons (Fsp3) is 0.0588. The zero-order valence-corrected chi connectivity index (χ0v) is 13.4. The number of halogens is 2. The lowest BCUT2D eigenvalue weighted by molar-refractivity contribution is 0.489. The molecule has 4 rings (SSSR count). The lowest BCUT2D eigenvalue weighted by Crippen LogP contribution is -1.89. The van der Waals surface area contributed by atoms with Gasteiger partial charge in [0.15, 0.2) is 5.58 Å². The van der Waals surface area contributed by atoms with Crippen LogP contribution >= 0.6 is 23.4 Å². The first-order chi connectivity index (χ1) is 11.2. The summed E-state index contributed by atoms with van der Waals surface area (Å²) in [4.78, 5) is 8.73. The van der Waals surface area contributed by atoms with E-state index in [1.165, 1.54) is 23.9 Å². The highest BCUT2D eigenvalue weighted by molar-refractivity contribution is 7.98. The highest BCUT2D eigenvalue weighted by atomic mass is 35.5. The standard InChI is InChI=1S/C17H10ClFN2OS/c18-12-3-4-15-14(8-12)21-17(22-15)23-9-11-7-13(19)6-10-2-1-5-20-16(10)11/h1-8H,9H2. The van der Waals surface area contributed by atoms with Gasteiger partial charge < -0.3 is 4.42 Å². The third kappa shape index (κ3) is 2.90. The summed E-state index contributed by atoms with van der Waals surface area (Å²) in [6.07, 6.45) is 1.70. The predicted octanol–water partition coefficient (Wildman–Crippen LogP) is 5.46. The van der Waals surface area contributed by atoms with Crippen LogP contribution in [0.2, 0.25) is 5.02 Å². The molecule has 23 heavy (non-hydrogen) atoms. The summed E-state index contributed by atoms with van der Waals surface area (Å²) in [5.41, 5.74) is 2.99. The van der Waals surface area contributed by atoms with Crippen molar-refractivity contribution in [3.05, 3.63) is 65.1 Å². The van der Waals surface area contributed by atoms with Gasteiger partial charge in [0.05, 0.1) is 5.52 Å². The van der Waals surface area contributed by atoms with Gasteiger partial charge in [-0.1, -0.05) is 29.4 Å². The maximum absolute atomic E-state index is 13.7. The molecule has 0 amide bonds. The molecule has 114 valence electrons. The van der Waals surface area contributed by atoms with Crippen LogP contribution in [0.25, 0.3) is 22.0 Å². The summed E-state index contributed by atoms with van der Waals surface area (Å²) >= 11 is 7.35. The number of aromatic nitrogens is 2. The molecule has 6 heteroatoms. The molecule has 0 aliphatic carbocycles. The molecule has 2 aromatic carbocycles. The van der Waals surface area contributed by atoms with E-state index in [0.717, 1.165) is 16.5 Å². The quantitative estimate of drug-likeness (QED) is 0.462. The molecule has 0 saturated heterocycles. The van der Waals surface area contributed by atoms with E-state index in [0.29, 0.717) is 27.1 Å². The Labute approximate surface area is 140 Å². The molecule has 0 N–H and O–H groups in total. The summed E-state index contributed by atoms with van der Waals surface area (Å²) in [6.45, 7) is 0. The number of thioether (sulfide) groups is 1. The third-order valence-electron chi connectivity index (χ3n) is 3.43. The Morgan fingerprint density at radius 3 is 3.00 bits per heavy atom. The molecule has 0 unspecified atom stereocenters. The highest BCUT2D eigenvalue weighted by Crippen LogP contribution is 2.30. The maximum atomic E-state index is 13.7. The van der Waals surface area contributed by atoms with Crippen LogP contribution in [0, 0.1) is 5.82 Å². The number of benzene rings is 2. The zero-order chi connectivity index (χ0) is 15.8. The monoisotopic (exact) mass is 344 g/mol. The van der Waals surface area contributed by atoms with Crippen LogP contribution < -0.4 is 0 Å². The second-order valence-electron chi connectivity index (χ2n) is 5.02. The van der Waals surface area contributed by atoms with E-state index in [1.807, 2.05) is 6.07 Å². The van der Waals surface area contributed by atoms with E-state index in [-0.39, 0.29) is 5.82 Å². The van der Waals surface area contributed by atoms with Gasteiger partial charge in [0, 0.05) is 22.4 Å². The Bertz CT molecular complexity index is 1020. The van der Waals surface area contributed by atoms with Crippen LogP contribution in [0.1, 0.15) is 5.56 Å². The molecule has 0 radical (unpaired) electrons. The molecule has 2 heterocycles. The summed E-state index contributed by atoms with van der Waals surface area (Å²) in [7, 11) is 0. The van der Waals surface area contributed by atoms with Crippen molar-refractivity contribution in [2.24, 2.45) is 0 Å². The van der Waals surface area contributed by atoms with Crippen LogP contribution in [0.5, 0.6) is 0 Å². The SMILES string of the molecule is Fc1cc(CSc2nc3cc(Cl)ccc3o2)c2ncccc2c1. The zero-order valence-electron chi connectivity index (χ0n) is 11.8. The Balaban J connectivity index is 1.65. The van der Waals surface area contributed by atoms with Gasteiger partial charge in [-0.15, -0.1) is 0 Å². The van der Waals surface area contributed by atoms with E-state index in [4.69, 9.17) is 16.0 Å². The van der Waals surface area contributed by atoms with E-state index < -0.39 is 0 Å². The molecule has 4 aromatic rings. The van der Waals surface area contributed by atoms with Crippen LogP contribution in [-0.4, -0.2) is 9.97 Å². The molecule has 0 bridgehead atoms. The normalized spacial score (nSPS) is 11.4. The summed E-state index contributed by atoms with van der Waals surface area (Å²) < 4.78 is 19.4. The minimum Gasteiger partial charge on any atom is -0.431 e.